The Morgan fingerprint density at radius 1 is 1.12 bits per heavy atom. The molecule has 3 unspecified atom stereocenters. The van der Waals surface area contributed by atoms with Crippen molar-refractivity contribution < 1.29 is 0 Å². The van der Waals surface area contributed by atoms with Crippen LogP contribution in [-0.2, 0) is 0 Å². The van der Waals surface area contributed by atoms with Gasteiger partial charge in [-0.1, -0.05) is 20.8 Å². The molecule has 1 aliphatic rings. The minimum Gasteiger partial charge on any atom is -0.328 e. The van der Waals surface area contributed by atoms with E-state index in [0.29, 0.717) is 12.0 Å². The summed E-state index contributed by atoms with van der Waals surface area (Å²) in [6, 6.07) is 0.323. The zero-order valence-corrected chi connectivity index (χ0v) is 11.6. The molecule has 2 heteroatoms. The van der Waals surface area contributed by atoms with E-state index in [-0.39, 0.29) is 0 Å². The average molecular weight is 226 g/mol. The Hall–Kier alpha value is -0.0800. The van der Waals surface area contributed by atoms with E-state index in [0.717, 1.165) is 11.8 Å². The third kappa shape index (κ3) is 4.42. The molecular formula is C14H30N2. The summed E-state index contributed by atoms with van der Waals surface area (Å²) in [6.07, 6.45) is 4.17. The van der Waals surface area contributed by atoms with Crippen LogP contribution in [0, 0.1) is 17.8 Å². The first kappa shape index (κ1) is 14.0. The summed E-state index contributed by atoms with van der Waals surface area (Å²) in [7, 11) is 0. The summed E-state index contributed by atoms with van der Waals surface area (Å²) in [6.45, 7) is 12.9. The lowest BCUT2D eigenvalue weighted by atomic mass is 9.89. The maximum absolute atomic E-state index is 5.94. The van der Waals surface area contributed by atoms with E-state index in [2.05, 4.69) is 32.6 Å². The first-order valence-electron chi connectivity index (χ1n) is 6.98. The Bertz CT molecular complexity index is 189. The van der Waals surface area contributed by atoms with Gasteiger partial charge in [0.15, 0.2) is 0 Å². The highest BCUT2D eigenvalue weighted by molar-refractivity contribution is 4.75. The predicted octanol–water partition coefficient (Wildman–Crippen LogP) is 2.73. The van der Waals surface area contributed by atoms with Crippen molar-refractivity contribution >= 4 is 0 Å². The average Bonchev–Trinajstić information content (AvgIpc) is 2.43. The van der Waals surface area contributed by atoms with Crippen molar-refractivity contribution in [2.24, 2.45) is 23.5 Å². The highest BCUT2D eigenvalue weighted by Gasteiger charge is 2.21. The van der Waals surface area contributed by atoms with Gasteiger partial charge in [-0.25, -0.2) is 0 Å². The van der Waals surface area contributed by atoms with Crippen LogP contribution in [-0.4, -0.2) is 30.6 Å². The third-order valence-electron chi connectivity index (χ3n) is 4.25. The van der Waals surface area contributed by atoms with Crippen LogP contribution in [0.4, 0.5) is 0 Å². The molecule has 0 amide bonds. The van der Waals surface area contributed by atoms with Gasteiger partial charge in [-0.2, -0.15) is 0 Å². The zero-order chi connectivity index (χ0) is 12.1. The lowest BCUT2D eigenvalue weighted by molar-refractivity contribution is 0.227. The van der Waals surface area contributed by atoms with Crippen LogP contribution in [0.25, 0.3) is 0 Å². The number of rotatable bonds is 4. The van der Waals surface area contributed by atoms with Crippen molar-refractivity contribution in [1.29, 1.82) is 0 Å². The lowest BCUT2D eigenvalue weighted by Crippen LogP contribution is -2.36. The Morgan fingerprint density at radius 2 is 1.81 bits per heavy atom. The van der Waals surface area contributed by atoms with Crippen LogP contribution >= 0.6 is 0 Å². The summed E-state index contributed by atoms with van der Waals surface area (Å²) >= 11 is 0. The number of hydrogen-bond donors (Lipinski definition) is 1. The van der Waals surface area contributed by atoms with Gasteiger partial charge >= 0.3 is 0 Å². The molecule has 0 aromatic carbocycles. The maximum Gasteiger partial charge on any atom is 0.00483 e. The monoisotopic (exact) mass is 226 g/mol. The Morgan fingerprint density at radius 3 is 2.38 bits per heavy atom. The largest absolute Gasteiger partial charge is 0.328 e. The van der Waals surface area contributed by atoms with Crippen molar-refractivity contribution in [2.45, 2.75) is 53.0 Å². The van der Waals surface area contributed by atoms with Crippen molar-refractivity contribution in [3.63, 3.8) is 0 Å². The van der Waals surface area contributed by atoms with Gasteiger partial charge in [0.05, 0.1) is 0 Å². The van der Waals surface area contributed by atoms with E-state index in [1.165, 1.54) is 38.9 Å². The van der Waals surface area contributed by atoms with Crippen LogP contribution < -0.4 is 5.73 Å². The Balaban J connectivity index is 2.35. The van der Waals surface area contributed by atoms with Crippen molar-refractivity contribution in [2.75, 3.05) is 19.6 Å². The van der Waals surface area contributed by atoms with Gasteiger partial charge in [0, 0.05) is 12.6 Å². The van der Waals surface area contributed by atoms with Gasteiger partial charge < -0.3 is 10.6 Å². The van der Waals surface area contributed by atoms with E-state index in [1.807, 2.05) is 0 Å². The summed E-state index contributed by atoms with van der Waals surface area (Å²) in [4.78, 5) is 2.62. The third-order valence-corrected chi connectivity index (χ3v) is 4.25. The second-order valence-electron chi connectivity index (χ2n) is 6.07. The molecule has 1 fully saturated rings. The molecule has 1 saturated heterocycles. The fourth-order valence-corrected chi connectivity index (χ4v) is 2.60. The standard InChI is InChI=1S/C14H30N2/c1-11(2)14-6-5-8-16(9-7-14)10-12(3)13(4)15/h11-14H,5-10,15H2,1-4H3. The van der Waals surface area contributed by atoms with E-state index in [1.54, 1.807) is 0 Å². The van der Waals surface area contributed by atoms with Crippen LogP contribution in [0.3, 0.4) is 0 Å². The van der Waals surface area contributed by atoms with Gasteiger partial charge in [0.25, 0.3) is 0 Å². The zero-order valence-electron chi connectivity index (χ0n) is 11.6. The number of likely N-dealkylation sites (tertiary alicyclic amines) is 1. The van der Waals surface area contributed by atoms with Crippen LogP contribution in [0.2, 0.25) is 0 Å². The van der Waals surface area contributed by atoms with Gasteiger partial charge in [-0.15, -0.1) is 0 Å². The molecular weight excluding hydrogens is 196 g/mol. The van der Waals surface area contributed by atoms with E-state index in [9.17, 15) is 0 Å². The molecule has 0 saturated carbocycles. The van der Waals surface area contributed by atoms with Gasteiger partial charge in [0.1, 0.15) is 0 Å². The molecule has 0 bridgehead atoms. The molecule has 0 radical (unpaired) electrons. The summed E-state index contributed by atoms with van der Waals surface area (Å²) in [5.41, 5.74) is 5.94. The topological polar surface area (TPSA) is 29.3 Å². The molecule has 0 aromatic heterocycles. The van der Waals surface area contributed by atoms with E-state index < -0.39 is 0 Å². The minimum atomic E-state index is 0.323. The molecule has 1 rings (SSSR count). The number of nitrogens with zero attached hydrogens (tertiary/aromatic N) is 1. The first-order valence-corrected chi connectivity index (χ1v) is 6.98. The SMILES string of the molecule is CC(C)C1CCCN(CC(C)C(C)N)CC1. The normalized spacial score (nSPS) is 27.8. The molecule has 96 valence electrons. The highest BCUT2D eigenvalue weighted by atomic mass is 15.1. The van der Waals surface area contributed by atoms with E-state index >= 15 is 0 Å². The Labute approximate surface area is 102 Å². The van der Waals surface area contributed by atoms with Gasteiger partial charge in [-0.3, -0.25) is 0 Å². The Kier molecular flexibility index (Phi) is 5.77. The molecule has 2 N–H and O–H groups in total. The summed E-state index contributed by atoms with van der Waals surface area (Å²) in [5, 5.41) is 0. The van der Waals surface area contributed by atoms with E-state index in [4.69, 9.17) is 5.73 Å². The van der Waals surface area contributed by atoms with Gasteiger partial charge in [0.2, 0.25) is 0 Å². The number of nitrogens with two attached hydrogens (primary N) is 1. The smallest absolute Gasteiger partial charge is 0.00483 e. The molecule has 1 aliphatic heterocycles. The van der Waals surface area contributed by atoms with Crippen LogP contribution in [0.1, 0.15) is 47.0 Å². The molecule has 0 aliphatic carbocycles. The van der Waals surface area contributed by atoms with Gasteiger partial charge in [-0.05, 0) is 57.0 Å². The maximum atomic E-state index is 5.94. The highest BCUT2D eigenvalue weighted by Crippen LogP contribution is 2.24. The van der Waals surface area contributed by atoms with Crippen molar-refractivity contribution in [1.82, 2.24) is 4.90 Å². The van der Waals surface area contributed by atoms with Crippen molar-refractivity contribution in [3.8, 4) is 0 Å². The van der Waals surface area contributed by atoms with Crippen LogP contribution in [0.15, 0.2) is 0 Å². The summed E-state index contributed by atoms with van der Waals surface area (Å²) < 4.78 is 0. The fraction of sp³-hybridized carbons (Fsp3) is 1.00. The summed E-state index contributed by atoms with van der Waals surface area (Å²) in [5.74, 6) is 2.41. The first-order chi connectivity index (χ1) is 7.50. The molecule has 1 heterocycles. The van der Waals surface area contributed by atoms with Crippen LogP contribution in [0.5, 0.6) is 0 Å². The lowest BCUT2D eigenvalue weighted by Gasteiger charge is -2.26. The van der Waals surface area contributed by atoms with Crippen molar-refractivity contribution in [3.05, 3.63) is 0 Å². The molecule has 2 nitrogen and oxygen atoms in total. The second kappa shape index (κ2) is 6.61. The fourth-order valence-electron chi connectivity index (χ4n) is 2.60. The minimum absolute atomic E-state index is 0.323. The number of hydrogen-bond acceptors (Lipinski definition) is 2. The predicted molar refractivity (Wildman–Crippen MR) is 71.4 cm³/mol. The molecule has 0 spiro atoms. The quantitative estimate of drug-likeness (QED) is 0.798. The second-order valence-corrected chi connectivity index (χ2v) is 6.07. The molecule has 16 heavy (non-hydrogen) atoms. The molecule has 3 atom stereocenters. The molecule has 0 aromatic rings.